The van der Waals surface area contributed by atoms with Gasteiger partial charge in [0.25, 0.3) is 0 Å². The summed E-state index contributed by atoms with van der Waals surface area (Å²) >= 11 is 1.30. The predicted molar refractivity (Wildman–Crippen MR) is 60.5 cm³/mol. The minimum Gasteiger partial charge on any atom is -0.330 e. The lowest BCUT2D eigenvalue weighted by molar-refractivity contribution is -0.120. The van der Waals surface area contributed by atoms with Gasteiger partial charge in [-0.1, -0.05) is 25.2 Å². The van der Waals surface area contributed by atoms with Gasteiger partial charge in [0.2, 0.25) is 11.0 Å². The Balaban J connectivity index is 2.50. The van der Waals surface area contributed by atoms with Gasteiger partial charge < -0.3 is 11.1 Å². The Morgan fingerprint density at radius 3 is 2.87 bits per heavy atom. The minimum absolute atomic E-state index is 0.0667. The average Bonchev–Trinajstić information content (AvgIpc) is 2.66. The second-order valence-corrected chi connectivity index (χ2v) is 4.63. The maximum Gasteiger partial charge on any atom is 0.230 e. The Labute approximate surface area is 93.1 Å². The molecule has 3 N–H and O–H groups in total. The van der Waals surface area contributed by atoms with Crippen molar-refractivity contribution in [1.82, 2.24) is 10.2 Å². The standard InChI is InChI=1S/C9H16N4OS/c1-6(2)3-7(4-10)8(14)12-9-13-11-5-15-9/h5-7H,3-4,10H2,1-2H3,(H,12,13,14). The van der Waals surface area contributed by atoms with E-state index in [-0.39, 0.29) is 11.8 Å². The Hall–Kier alpha value is -1.01. The molecule has 0 aliphatic carbocycles. The molecule has 1 aromatic heterocycles. The summed E-state index contributed by atoms with van der Waals surface area (Å²) < 4.78 is 0. The van der Waals surface area contributed by atoms with E-state index in [1.54, 1.807) is 5.51 Å². The van der Waals surface area contributed by atoms with Crippen molar-refractivity contribution in [3.63, 3.8) is 0 Å². The molecule has 0 aliphatic heterocycles. The topological polar surface area (TPSA) is 80.9 Å². The van der Waals surface area contributed by atoms with Crippen LogP contribution >= 0.6 is 11.3 Å². The molecular weight excluding hydrogens is 212 g/mol. The lowest BCUT2D eigenvalue weighted by atomic mass is 9.96. The number of carbonyl (C=O) groups excluding carboxylic acids is 1. The van der Waals surface area contributed by atoms with Crippen molar-refractivity contribution in [2.75, 3.05) is 11.9 Å². The molecule has 1 amide bonds. The molecule has 1 rings (SSSR count). The molecule has 0 bridgehead atoms. The van der Waals surface area contributed by atoms with Crippen molar-refractivity contribution in [3.8, 4) is 0 Å². The van der Waals surface area contributed by atoms with Crippen molar-refractivity contribution in [1.29, 1.82) is 0 Å². The molecule has 5 nitrogen and oxygen atoms in total. The highest BCUT2D eigenvalue weighted by molar-refractivity contribution is 7.13. The van der Waals surface area contributed by atoms with Crippen molar-refractivity contribution in [2.24, 2.45) is 17.6 Å². The van der Waals surface area contributed by atoms with Gasteiger partial charge in [0.15, 0.2) is 0 Å². The molecule has 0 saturated carbocycles. The predicted octanol–water partition coefficient (Wildman–Crippen LogP) is 1.10. The maximum absolute atomic E-state index is 11.7. The van der Waals surface area contributed by atoms with E-state index in [1.165, 1.54) is 11.3 Å². The van der Waals surface area contributed by atoms with E-state index >= 15 is 0 Å². The van der Waals surface area contributed by atoms with Crippen LogP contribution in [0.25, 0.3) is 0 Å². The summed E-state index contributed by atoms with van der Waals surface area (Å²) in [6.45, 7) is 4.50. The summed E-state index contributed by atoms with van der Waals surface area (Å²) in [5, 5.41) is 10.6. The first-order valence-corrected chi connectivity index (χ1v) is 5.78. The van der Waals surface area contributed by atoms with Gasteiger partial charge >= 0.3 is 0 Å². The molecule has 1 heterocycles. The van der Waals surface area contributed by atoms with Crippen LogP contribution in [-0.2, 0) is 4.79 Å². The van der Waals surface area contributed by atoms with Crippen LogP contribution in [0.15, 0.2) is 5.51 Å². The Bertz CT molecular complexity index is 299. The van der Waals surface area contributed by atoms with Gasteiger partial charge in [-0.2, -0.15) is 0 Å². The minimum atomic E-state index is -0.145. The summed E-state index contributed by atoms with van der Waals surface area (Å²) in [7, 11) is 0. The van der Waals surface area contributed by atoms with Gasteiger partial charge in [-0.15, -0.1) is 10.2 Å². The van der Waals surface area contributed by atoms with Crippen LogP contribution in [0.5, 0.6) is 0 Å². The lowest BCUT2D eigenvalue weighted by Gasteiger charge is -2.15. The van der Waals surface area contributed by atoms with Gasteiger partial charge in [0.1, 0.15) is 5.51 Å². The maximum atomic E-state index is 11.7. The van der Waals surface area contributed by atoms with E-state index in [2.05, 4.69) is 29.4 Å². The van der Waals surface area contributed by atoms with Crippen molar-refractivity contribution in [3.05, 3.63) is 5.51 Å². The molecule has 0 aliphatic rings. The number of aromatic nitrogens is 2. The summed E-state index contributed by atoms with van der Waals surface area (Å²) in [6.07, 6.45) is 0.793. The summed E-state index contributed by atoms with van der Waals surface area (Å²) in [4.78, 5) is 11.7. The van der Waals surface area contributed by atoms with Gasteiger partial charge in [-0.05, 0) is 12.3 Å². The third-order valence-corrected chi connectivity index (χ3v) is 2.61. The van der Waals surface area contributed by atoms with Crippen LogP contribution in [-0.4, -0.2) is 22.6 Å². The highest BCUT2D eigenvalue weighted by Crippen LogP contribution is 2.14. The summed E-state index contributed by atoms with van der Waals surface area (Å²) in [5.41, 5.74) is 7.14. The Morgan fingerprint density at radius 1 is 1.67 bits per heavy atom. The van der Waals surface area contributed by atoms with E-state index in [9.17, 15) is 4.79 Å². The number of hydrogen-bond donors (Lipinski definition) is 2. The molecule has 6 heteroatoms. The van der Waals surface area contributed by atoms with Crippen LogP contribution < -0.4 is 11.1 Å². The molecule has 0 aromatic carbocycles. The number of rotatable bonds is 5. The van der Waals surface area contributed by atoms with E-state index < -0.39 is 0 Å². The highest BCUT2D eigenvalue weighted by Gasteiger charge is 2.18. The zero-order chi connectivity index (χ0) is 11.3. The number of anilines is 1. The number of nitrogens with two attached hydrogens (primary N) is 1. The Morgan fingerprint density at radius 2 is 2.40 bits per heavy atom. The number of nitrogens with zero attached hydrogens (tertiary/aromatic N) is 2. The number of nitrogens with one attached hydrogen (secondary N) is 1. The highest BCUT2D eigenvalue weighted by atomic mass is 32.1. The van der Waals surface area contributed by atoms with Gasteiger partial charge in [-0.3, -0.25) is 4.79 Å². The van der Waals surface area contributed by atoms with Crippen molar-refractivity contribution in [2.45, 2.75) is 20.3 Å². The fraction of sp³-hybridized carbons (Fsp3) is 0.667. The van der Waals surface area contributed by atoms with Gasteiger partial charge in [0.05, 0.1) is 5.92 Å². The normalized spacial score (nSPS) is 12.8. The second-order valence-electron chi connectivity index (χ2n) is 3.80. The van der Waals surface area contributed by atoms with E-state index in [1.807, 2.05) is 0 Å². The fourth-order valence-corrected chi connectivity index (χ4v) is 1.76. The first-order chi connectivity index (χ1) is 7.13. The lowest BCUT2D eigenvalue weighted by Crippen LogP contribution is -2.30. The molecule has 0 radical (unpaired) electrons. The summed E-state index contributed by atoms with van der Waals surface area (Å²) in [5.74, 6) is 0.246. The van der Waals surface area contributed by atoms with Crippen molar-refractivity contribution < 1.29 is 4.79 Å². The first kappa shape index (κ1) is 12.1. The van der Waals surface area contributed by atoms with Crippen LogP contribution in [0.3, 0.4) is 0 Å². The van der Waals surface area contributed by atoms with Crippen molar-refractivity contribution >= 4 is 22.4 Å². The third-order valence-electron chi connectivity index (χ3n) is 2.00. The smallest absolute Gasteiger partial charge is 0.230 e. The molecule has 15 heavy (non-hydrogen) atoms. The molecule has 0 fully saturated rings. The molecule has 84 valence electrons. The quantitative estimate of drug-likeness (QED) is 0.790. The zero-order valence-electron chi connectivity index (χ0n) is 8.93. The average molecular weight is 228 g/mol. The SMILES string of the molecule is CC(C)CC(CN)C(=O)Nc1nncs1. The van der Waals surface area contributed by atoms with Gasteiger partial charge in [0, 0.05) is 6.54 Å². The third kappa shape index (κ3) is 3.93. The van der Waals surface area contributed by atoms with E-state index in [0.29, 0.717) is 17.6 Å². The molecule has 1 atom stereocenters. The molecule has 1 unspecified atom stereocenters. The molecule has 0 saturated heterocycles. The summed E-state index contributed by atoms with van der Waals surface area (Å²) in [6, 6.07) is 0. The second kappa shape index (κ2) is 5.77. The fourth-order valence-electron chi connectivity index (χ4n) is 1.31. The molecule has 0 spiro atoms. The number of carbonyl (C=O) groups is 1. The van der Waals surface area contributed by atoms with Crippen LogP contribution in [0, 0.1) is 11.8 Å². The zero-order valence-corrected chi connectivity index (χ0v) is 9.75. The molecular formula is C9H16N4OS. The first-order valence-electron chi connectivity index (χ1n) is 4.90. The largest absolute Gasteiger partial charge is 0.330 e. The van der Waals surface area contributed by atoms with E-state index in [4.69, 9.17) is 5.73 Å². The number of amides is 1. The monoisotopic (exact) mass is 228 g/mol. The number of hydrogen-bond acceptors (Lipinski definition) is 5. The molecule has 1 aromatic rings. The van der Waals surface area contributed by atoms with Gasteiger partial charge in [-0.25, -0.2) is 0 Å². The van der Waals surface area contributed by atoms with E-state index in [0.717, 1.165) is 6.42 Å². The van der Waals surface area contributed by atoms with Crippen LogP contribution in [0.2, 0.25) is 0 Å². The van der Waals surface area contributed by atoms with Crippen LogP contribution in [0.1, 0.15) is 20.3 Å². The Kier molecular flexibility index (Phi) is 4.64. The van der Waals surface area contributed by atoms with Crippen LogP contribution in [0.4, 0.5) is 5.13 Å².